The molecule has 18 unspecified atom stereocenters. The maximum absolute atomic E-state index is 14.3. The summed E-state index contributed by atoms with van der Waals surface area (Å²) in [7, 11) is -5.70. The Labute approximate surface area is 592 Å². The molecule has 0 amide bonds. The number of phosphoric ester groups is 1. The molecule has 25 heteroatoms. The fourth-order valence-corrected chi connectivity index (χ4v) is 13.9. The van der Waals surface area contributed by atoms with Crippen molar-refractivity contribution in [2.75, 3.05) is 26.4 Å². The molecule has 1 saturated carbocycles. The van der Waals surface area contributed by atoms with Gasteiger partial charge in [-0.1, -0.05) is 258 Å². The number of carbonyl (C=O) groups is 3. The Morgan fingerprint density at radius 2 is 0.707 bits per heavy atom. The number of hydrogen-bond acceptors (Lipinski definition) is 23. The van der Waals surface area contributed by atoms with E-state index >= 15 is 0 Å². The minimum absolute atomic E-state index is 0.00944. The Bertz CT molecular complexity index is 2090. The van der Waals surface area contributed by atoms with E-state index < -0.39 is 156 Å². The van der Waals surface area contributed by atoms with Gasteiger partial charge in [0.1, 0.15) is 98.7 Å². The van der Waals surface area contributed by atoms with Crippen molar-refractivity contribution in [1.29, 1.82) is 0 Å². The Morgan fingerprint density at radius 1 is 0.384 bits per heavy atom. The molecule has 3 rings (SSSR count). The number of rotatable bonds is 61. The van der Waals surface area contributed by atoms with E-state index in [9.17, 15) is 74.9 Å². The minimum atomic E-state index is -5.70. The van der Waals surface area contributed by atoms with Crippen molar-refractivity contribution < 1.29 is 117 Å². The van der Waals surface area contributed by atoms with Crippen LogP contribution in [0.15, 0.2) is 12.2 Å². The fraction of sp³-hybridized carbons (Fsp3) is 0.932. The molecule has 2 heterocycles. The van der Waals surface area contributed by atoms with Gasteiger partial charge in [0.2, 0.25) is 0 Å². The van der Waals surface area contributed by atoms with Gasteiger partial charge < -0.3 is 89.1 Å². The standard InChI is InChI=1S/C74H137O24P/c1-4-7-10-13-16-19-22-25-27-28-29-32-35-38-41-44-47-50-60(78)93-55(52-90-58(76)48-45-42-39-36-34-31-26-23-20-17-14-11-8-5-2)53-92-99(88,89)98-72-70(96-73-68(86)63(81)61(79)56(51-75)94-73)66(84)65(83)67(85)71(72)97-74-69(87)64(82)62(80)57(95-74)54-91-59(77)49-46-43-40-37-33-30-24-21-18-15-12-9-6-3/h30,33,55-57,61-75,79-87H,4-29,31-32,34-54H2,1-3H3,(H,88,89)/b33-30-. The van der Waals surface area contributed by atoms with Crippen molar-refractivity contribution in [3.8, 4) is 0 Å². The average molecular weight is 1440 g/mol. The van der Waals surface area contributed by atoms with Crippen LogP contribution in [0.25, 0.3) is 0 Å². The number of allylic oxidation sites excluding steroid dienone is 2. The van der Waals surface area contributed by atoms with Gasteiger partial charge in [0.25, 0.3) is 0 Å². The second kappa shape index (κ2) is 56.1. The molecule has 582 valence electrons. The van der Waals surface area contributed by atoms with Crippen molar-refractivity contribution in [2.24, 2.45) is 0 Å². The van der Waals surface area contributed by atoms with Crippen LogP contribution in [0.4, 0.5) is 0 Å². The highest BCUT2D eigenvalue weighted by Crippen LogP contribution is 2.49. The third-order valence-electron chi connectivity index (χ3n) is 19.3. The first-order valence-electron chi connectivity index (χ1n) is 39.0. The van der Waals surface area contributed by atoms with Crippen LogP contribution in [-0.2, 0) is 61.2 Å². The zero-order valence-electron chi connectivity index (χ0n) is 60.8. The number of aliphatic hydroxyl groups is 10. The van der Waals surface area contributed by atoms with Crippen LogP contribution in [0.1, 0.15) is 310 Å². The first kappa shape index (κ1) is 90.9. The van der Waals surface area contributed by atoms with Crippen LogP contribution in [0, 0.1) is 0 Å². The molecule has 2 saturated heterocycles. The van der Waals surface area contributed by atoms with Crippen molar-refractivity contribution in [1.82, 2.24) is 0 Å². The first-order chi connectivity index (χ1) is 47.8. The van der Waals surface area contributed by atoms with E-state index in [1.165, 1.54) is 161 Å². The Kier molecular flexibility index (Phi) is 51.5. The second-order valence-corrected chi connectivity index (χ2v) is 29.5. The Hall–Kier alpha value is -2.30. The van der Waals surface area contributed by atoms with Crippen LogP contribution in [-0.4, -0.2) is 204 Å². The lowest BCUT2D eigenvalue weighted by molar-refractivity contribution is -0.360. The first-order valence-corrected chi connectivity index (χ1v) is 40.5. The third kappa shape index (κ3) is 39.0. The van der Waals surface area contributed by atoms with Gasteiger partial charge in [0, 0.05) is 19.3 Å². The average Bonchev–Trinajstić information content (AvgIpc) is 0.762. The molecule has 0 aromatic carbocycles. The topological polar surface area (TPSA) is 374 Å². The molecule has 0 radical (unpaired) electrons. The largest absolute Gasteiger partial charge is 0.472 e. The molecule has 0 bridgehead atoms. The van der Waals surface area contributed by atoms with Crippen molar-refractivity contribution in [3.63, 3.8) is 0 Å². The molecule has 2 aliphatic heterocycles. The number of unbranched alkanes of at least 4 members (excludes halogenated alkanes) is 38. The fourth-order valence-electron chi connectivity index (χ4n) is 12.9. The maximum Gasteiger partial charge on any atom is 0.472 e. The summed E-state index contributed by atoms with van der Waals surface area (Å²) in [6, 6.07) is 0. The summed E-state index contributed by atoms with van der Waals surface area (Å²) in [5.41, 5.74) is 0. The molecule has 0 aromatic rings. The van der Waals surface area contributed by atoms with E-state index in [4.69, 9.17) is 42.2 Å². The molecule has 0 spiro atoms. The molecular weight excluding hydrogens is 1300 g/mol. The molecule has 11 N–H and O–H groups in total. The van der Waals surface area contributed by atoms with Crippen LogP contribution in [0.3, 0.4) is 0 Å². The van der Waals surface area contributed by atoms with Crippen molar-refractivity contribution >= 4 is 25.7 Å². The number of ether oxygens (including phenoxy) is 7. The van der Waals surface area contributed by atoms with E-state index in [0.717, 1.165) is 89.9 Å². The van der Waals surface area contributed by atoms with Gasteiger partial charge >= 0.3 is 25.7 Å². The van der Waals surface area contributed by atoms with Crippen molar-refractivity contribution in [2.45, 2.75) is 414 Å². The third-order valence-corrected chi connectivity index (χ3v) is 20.3. The van der Waals surface area contributed by atoms with Crippen molar-refractivity contribution in [3.05, 3.63) is 12.2 Å². The zero-order valence-corrected chi connectivity index (χ0v) is 61.7. The van der Waals surface area contributed by atoms with Gasteiger partial charge in [-0.05, 0) is 44.9 Å². The number of aliphatic hydroxyl groups excluding tert-OH is 10. The maximum atomic E-state index is 14.3. The predicted molar refractivity (Wildman–Crippen MR) is 375 cm³/mol. The summed E-state index contributed by atoms with van der Waals surface area (Å²) in [5, 5.41) is 110. The number of phosphoric acid groups is 1. The number of hydrogen-bond donors (Lipinski definition) is 11. The molecule has 1 aliphatic carbocycles. The monoisotopic (exact) mass is 1440 g/mol. The van der Waals surface area contributed by atoms with Gasteiger partial charge in [-0.3, -0.25) is 23.4 Å². The molecular formula is C74H137O24P. The van der Waals surface area contributed by atoms with Gasteiger partial charge in [-0.2, -0.15) is 0 Å². The smallest absolute Gasteiger partial charge is 0.463 e. The van der Waals surface area contributed by atoms with Crippen LogP contribution >= 0.6 is 7.82 Å². The summed E-state index contributed by atoms with van der Waals surface area (Å²) in [5.74, 6) is -1.99. The molecule has 3 fully saturated rings. The van der Waals surface area contributed by atoms with Gasteiger partial charge in [0.15, 0.2) is 18.7 Å². The van der Waals surface area contributed by atoms with E-state index in [0.29, 0.717) is 19.3 Å². The summed E-state index contributed by atoms with van der Waals surface area (Å²) in [6.07, 6.45) is 15.5. The number of esters is 3. The van der Waals surface area contributed by atoms with E-state index in [-0.39, 0.29) is 19.3 Å². The van der Waals surface area contributed by atoms with E-state index in [2.05, 4.69) is 32.9 Å². The summed E-state index contributed by atoms with van der Waals surface area (Å²) in [4.78, 5) is 51.0. The van der Waals surface area contributed by atoms with Gasteiger partial charge in [0.05, 0.1) is 13.2 Å². The molecule has 99 heavy (non-hydrogen) atoms. The lowest BCUT2D eigenvalue weighted by atomic mass is 9.84. The zero-order chi connectivity index (χ0) is 72.5. The van der Waals surface area contributed by atoms with Crippen LogP contribution in [0.2, 0.25) is 0 Å². The molecule has 3 aliphatic rings. The minimum Gasteiger partial charge on any atom is -0.463 e. The quantitative estimate of drug-likeness (QED) is 0.00886. The predicted octanol–water partition coefficient (Wildman–Crippen LogP) is 11.1. The Morgan fingerprint density at radius 3 is 1.10 bits per heavy atom. The summed E-state index contributed by atoms with van der Waals surface area (Å²) in [6.45, 7) is 3.46. The normalized spacial score (nSPS) is 27.5. The van der Waals surface area contributed by atoms with Crippen LogP contribution in [0.5, 0.6) is 0 Å². The summed E-state index contributed by atoms with van der Waals surface area (Å²) < 4.78 is 65.1. The second-order valence-electron chi connectivity index (χ2n) is 28.1. The van der Waals surface area contributed by atoms with E-state index in [1.807, 2.05) is 0 Å². The van der Waals surface area contributed by atoms with E-state index in [1.54, 1.807) is 0 Å². The highest BCUT2D eigenvalue weighted by Gasteiger charge is 2.58. The van der Waals surface area contributed by atoms with Gasteiger partial charge in [-0.25, -0.2) is 4.57 Å². The molecule has 24 nitrogen and oxygen atoms in total. The molecule has 0 aromatic heterocycles. The van der Waals surface area contributed by atoms with Gasteiger partial charge in [-0.15, -0.1) is 0 Å². The Balaban J connectivity index is 1.72. The number of carbonyl (C=O) groups excluding carboxylic acids is 3. The van der Waals surface area contributed by atoms with Crippen LogP contribution < -0.4 is 0 Å². The molecule has 18 atom stereocenters. The lowest BCUT2D eigenvalue weighted by Gasteiger charge is -2.49. The summed E-state index contributed by atoms with van der Waals surface area (Å²) >= 11 is 0. The highest BCUT2D eigenvalue weighted by atomic mass is 31.2. The SMILES string of the molecule is CCCCCCCC/C=C\CCCCCC(=O)OCC1OC(OC2C(O)C(O)C(O)C(OC3OC(CO)C(O)C(O)C3O)C2OP(=O)(O)OCC(COC(=O)CCCCCCCCCCCCCCCC)OC(=O)CCCCCCCCCCCCCCCCCCC)C(O)C(O)C1O. The lowest BCUT2D eigenvalue weighted by Crippen LogP contribution is -2.69. The highest BCUT2D eigenvalue weighted by molar-refractivity contribution is 7.47.